The number of rotatable bonds is 1. The highest BCUT2D eigenvalue weighted by Crippen LogP contribution is 2.42. The van der Waals surface area contributed by atoms with Crippen LogP contribution in [0.1, 0.15) is 13.8 Å². The van der Waals surface area contributed by atoms with E-state index in [0.29, 0.717) is 0 Å². The molecule has 0 heterocycles. The lowest BCUT2D eigenvalue weighted by molar-refractivity contribution is 0.331. The maximum absolute atomic E-state index is 2.36. The van der Waals surface area contributed by atoms with Gasteiger partial charge in [0.2, 0.25) is 0 Å². The van der Waals surface area contributed by atoms with E-state index in [-0.39, 0.29) is 0 Å². The van der Waals surface area contributed by atoms with Crippen molar-refractivity contribution in [1.82, 2.24) is 0 Å². The van der Waals surface area contributed by atoms with E-state index in [1.807, 2.05) is 0 Å². The SMILES string of the molecule is CC(C)C1C2C=CC1C=C2. The van der Waals surface area contributed by atoms with Crippen molar-refractivity contribution in [3.05, 3.63) is 24.3 Å². The molecule has 2 bridgehead atoms. The summed E-state index contributed by atoms with van der Waals surface area (Å²) in [6.45, 7) is 4.65. The van der Waals surface area contributed by atoms with E-state index in [1.54, 1.807) is 0 Å². The standard InChI is InChI=1S/C10H14/c1-7(2)10-8-3-4-9(10)6-5-8/h3-10H,1-2H3. The summed E-state index contributed by atoms with van der Waals surface area (Å²) in [6, 6.07) is 0. The Hall–Kier alpha value is -0.520. The molecule has 0 saturated heterocycles. The Morgan fingerprint density at radius 3 is 1.50 bits per heavy atom. The summed E-state index contributed by atoms with van der Waals surface area (Å²) in [7, 11) is 0. The van der Waals surface area contributed by atoms with E-state index in [9.17, 15) is 0 Å². The normalized spacial score (nSPS) is 42.1. The predicted molar refractivity (Wildman–Crippen MR) is 43.6 cm³/mol. The van der Waals surface area contributed by atoms with Crippen LogP contribution in [-0.2, 0) is 0 Å². The molecule has 0 N–H and O–H groups in total. The smallest absolute Gasteiger partial charge is 0.00137 e. The molecule has 0 atom stereocenters. The van der Waals surface area contributed by atoms with Crippen molar-refractivity contribution in [3.8, 4) is 0 Å². The minimum absolute atomic E-state index is 0.769. The molecule has 0 aromatic carbocycles. The van der Waals surface area contributed by atoms with Crippen molar-refractivity contribution in [3.63, 3.8) is 0 Å². The quantitative estimate of drug-likeness (QED) is 0.484. The molecule has 0 aromatic heterocycles. The lowest BCUT2D eigenvalue weighted by Gasteiger charge is -2.19. The van der Waals surface area contributed by atoms with Crippen LogP contribution in [0.3, 0.4) is 0 Å². The average molecular weight is 134 g/mol. The van der Waals surface area contributed by atoms with Crippen molar-refractivity contribution in [2.24, 2.45) is 23.7 Å². The van der Waals surface area contributed by atoms with Crippen LogP contribution in [0.4, 0.5) is 0 Å². The second kappa shape index (κ2) is 1.98. The first kappa shape index (κ1) is 6.21. The van der Waals surface area contributed by atoms with Crippen LogP contribution >= 0.6 is 0 Å². The van der Waals surface area contributed by atoms with Gasteiger partial charge in [-0.2, -0.15) is 0 Å². The van der Waals surface area contributed by atoms with Crippen LogP contribution in [0.15, 0.2) is 24.3 Å². The fraction of sp³-hybridized carbons (Fsp3) is 0.600. The highest BCUT2D eigenvalue weighted by molar-refractivity contribution is 5.25. The van der Waals surface area contributed by atoms with Gasteiger partial charge in [0.05, 0.1) is 0 Å². The van der Waals surface area contributed by atoms with Gasteiger partial charge >= 0.3 is 0 Å². The van der Waals surface area contributed by atoms with Gasteiger partial charge in [-0.3, -0.25) is 0 Å². The van der Waals surface area contributed by atoms with E-state index in [1.165, 1.54) is 0 Å². The third kappa shape index (κ3) is 0.681. The molecule has 2 aliphatic carbocycles. The maximum atomic E-state index is 2.36. The second-order valence-corrected chi connectivity index (χ2v) is 3.75. The zero-order valence-electron chi connectivity index (χ0n) is 6.62. The summed E-state index contributed by atoms with van der Waals surface area (Å²) in [5.74, 6) is 3.26. The van der Waals surface area contributed by atoms with Gasteiger partial charge in [-0.1, -0.05) is 38.2 Å². The molecule has 2 aliphatic rings. The van der Waals surface area contributed by atoms with Crippen LogP contribution in [-0.4, -0.2) is 0 Å². The van der Waals surface area contributed by atoms with Crippen LogP contribution in [0.2, 0.25) is 0 Å². The molecule has 54 valence electrons. The zero-order valence-corrected chi connectivity index (χ0v) is 6.62. The van der Waals surface area contributed by atoms with E-state index in [4.69, 9.17) is 0 Å². The number of hydrogen-bond donors (Lipinski definition) is 0. The third-order valence-electron chi connectivity index (χ3n) is 2.77. The molecule has 10 heavy (non-hydrogen) atoms. The molecule has 2 rings (SSSR count). The van der Waals surface area contributed by atoms with E-state index in [2.05, 4.69) is 38.2 Å². The lowest BCUT2D eigenvalue weighted by Crippen LogP contribution is -2.14. The van der Waals surface area contributed by atoms with E-state index < -0.39 is 0 Å². The summed E-state index contributed by atoms with van der Waals surface area (Å²) in [4.78, 5) is 0. The van der Waals surface area contributed by atoms with E-state index in [0.717, 1.165) is 23.7 Å². The van der Waals surface area contributed by atoms with Crippen molar-refractivity contribution in [1.29, 1.82) is 0 Å². The summed E-state index contributed by atoms with van der Waals surface area (Å²) in [6.07, 6.45) is 9.43. The summed E-state index contributed by atoms with van der Waals surface area (Å²) in [5, 5.41) is 0. The van der Waals surface area contributed by atoms with Gasteiger partial charge < -0.3 is 0 Å². The zero-order chi connectivity index (χ0) is 7.14. The first-order chi connectivity index (χ1) is 4.79. The second-order valence-electron chi connectivity index (χ2n) is 3.75. The Labute approximate surface area is 62.6 Å². The molecule has 0 heteroatoms. The first-order valence-corrected chi connectivity index (χ1v) is 4.15. The van der Waals surface area contributed by atoms with Gasteiger partial charge in [-0.05, 0) is 23.7 Å². The predicted octanol–water partition coefficient (Wildman–Crippen LogP) is 2.63. The Kier molecular flexibility index (Phi) is 1.23. The van der Waals surface area contributed by atoms with Gasteiger partial charge in [0.25, 0.3) is 0 Å². The van der Waals surface area contributed by atoms with Crippen LogP contribution in [0, 0.1) is 23.7 Å². The Morgan fingerprint density at radius 1 is 0.900 bits per heavy atom. The van der Waals surface area contributed by atoms with Gasteiger partial charge in [0, 0.05) is 0 Å². The Balaban J connectivity index is 2.18. The summed E-state index contributed by atoms with van der Waals surface area (Å²) < 4.78 is 0. The number of allylic oxidation sites excluding steroid dienone is 4. The van der Waals surface area contributed by atoms with Crippen LogP contribution < -0.4 is 0 Å². The first-order valence-electron chi connectivity index (χ1n) is 4.15. The van der Waals surface area contributed by atoms with Crippen molar-refractivity contribution in [2.45, 2.75) is 13.8 Å². The fourth-order valence-corrected chi connectivity index (χ4v) is 2.30. The maximum Gasteiger partial charge on any atom is -0.00137 e. The van der Waals surface area contributed by atoms with Crippen LogP contribution in [0.25, 0.3) is 0 Å². The van der Waals surface area contributed by atoms with Crippen molar-refractivity contribution < 1.29 is 0 Å². The Morgan fingerprint density at radius 2 is 1.30 bits per heavy atom. The van der Waals surface area contributed by atoms with Crippen molar-refractivity contribution in [2.75, 3.05) is 0 Å². The summed E-state index contributed by atoms with van der Waals surface area (Å²) in [5.41, 5.74) is 0. The fourth-order valence-electron chi connectivity index (χ4n) is 2.30. The molecular weight excluding hydrogens is 120 g/mol. The highest BCUT2D eigenvalue weighted by atomic mass is 14.4. The molecular formula is C10H14. The van der Waals surface area contributed by atoms with Crippen molar-refractivity contribution >= 4 is 0 Å². The van der Waals surface area contributed by atoms with E-state index >= 15 is 0 Å². The van der Waals surface area contributed by atoms with Gasteiger partial charge in [-0.15, -0.1) is 0 Å². The molecule has 0 fully saturated rings. The lowest BCUT2D eigenvalue weighted by atomic mass is 9.85. The van der Waals surface area contributed by atoms with Gasteiger partial charge in [-0.25, -0.2) is 0 Å². The topological polar surface area (TPSA) is 0 Å². The molecule has 0 amide bonds. The van der Waals surface area contributed by atoms with Gasteiger partial charge in [0.15, 0.2) is 0 Å². The average Bonchev–Trinajstić information content (AvgIpc) is 2.43. The monoisotopic (exact) mass is 134 g/mol. The molecule has 0 aliphatic heterocycles. The molecule has 0 aromatic rings. The number of hydrogen-bond acceptors (Lipinski definition) is 0. The molecule has 0 saturated carbocycles. The minimum Gasteiger partial charge on any atom is -0.0807 e. The summed E-state index contributed by atoms with van der Waals surface area (Å²) >= 11 is 0. The molecule has 0 nitrogen and oxygen atoms in total. The molecule has 0 radical (unpaired) electrons. The molecule has 0 spiro atoms. The minimum atomic E-state index is 0.769. The highest BCUT2D eigenvalue weighted by Gasteiger charge is 2.34. The number of fused-ring (bicyclic) bond motifs is 2. The molecule has 0 unspecified atom stereocenters. The van der Waals surface area contributed by atoms with Crippen LogP contribution in [0.5, 0.6) is 0 Å². The third-order valence-corrected chi connectivity index (χ3v) is 2.77. The Bertz CT molecular complexity index is 156. The van der Waals surface area contributed by atoms with Gasteiger partial charge in [0.1, 0.15) is 0 Å². The largest absolute Gasteiger partial charge is 0.0807 e.